The summed E-state index contributed by atoms with van der Waals surface area (Å²) >= 11 is 0. The van der Waals surface area contributed by atoms with Crippen LogP contribution in [0.15, 0.2) is 42.5 Å². The molecule has 0 bridgehead atoms. The topological polar surface area (TPSA) is 110 Å². The van der Waals surface area contributed by atoms with Crippen molar-refractivity contribution in [1.29, 1.82) is 5.26 Å². The number of carbonyl (C=O) groups excluding carboxylic acids is 2. The second-order valence-corrected chi connectivity index (χ2v) is 8.20. The normalized spacial score (nSPS) is 13.9. The fraction of sp³-hybridized carbons (Fsp3) is 0.483. The average molecular weight is 514 g/mol. The molecular formula is C29H43N3O5. The van der Waals surface area contributed by atoms with Gasteiger partial charge in [-0.25, -0.2) is 0 Å². The Kier molecular flexibility index (Phi) is 20.1. The molecule has 1 amide bonds. The predicted molar refractivity (Wildman–Crippen MR) is 147 cm³/mol. The SMILES string of the molecule is CC(=O)Oc1ccc(-c2ccc(C)cc2)cc1C.CCCC.COC1COCCCN1.N#CCNC=O. The van der Waals surface area contributed by atoms with E-state index in [1.165, 1.54) is 25.3 Å². The van der Waals surface area contributed by atoms with Crippen LogP contribution in [0.5, 0.6) is 5.75 Å². The Morgan fingerprint density at radius 1 is 1.16 bits per heavy atom. The van der Waals surface area contributed by atoms with E-state index in [1.54, 1.807) is 13.2 Å². The summed E-state index contributed by atoms with van der Waals surface area (Å²) in [5, 5.41) is 13.1. The third-order valence-corrected chi connectivity index (χ3v) is 4.97. The van der Waals surface area contributed by atoms with Gasteiger partial charge in [0, 0.05) is 20.6 Å². The maximum Gasteiger partial charge on any atom is 0.308 e. The van der Waals surface area contributed by atoms with Gasteiger partial charge in [0.2, 0.25) is 6.41 Å². The molecule has 2 N–H and O–H groups in total. The largest absolute Gasteiger partial charge is 0.426 e. The molecule has 0 saturated carbocycles. The first-order valence-electron chi connectivity index (χ1n) is 12.6. The molecule has 2 aromatic rings. The first kappa shape index (κ1) is 33.8. The molecule has 0 aromatic heterocycles. The number of nitriles is 1. The maximum atomic E-state index is 10.9. The first-order chi connectivity index (χ1) is 17.8. The van der Waals surface area contributed by atoms with E-state index in [9.17, 15) is 9.59 Å². The highest BCUT2D eigenvalue weighted by Crippen LogP contribution is 2.26. The Bertz CT molecular complexity index is 916. The maximum absolute atomic E-state index is 10.9. The number of ether oxygens (including phenoxy) is 3. The predicted octanol–water partition coefficient (Wildman–Crippen LogP) is 4.93. The molecule has 3 rings (SSSR count). The van der Waals surface area contributed by atoms with Gasteiger partial charge in [-0.05, 0) is 55.6 Å². The minimum absolute atomic E-state index is 0.101. The Morgan fingerprint density at radius 3 is 2.30 bits per heavy atom. The number of esters is 1. The Morgan fingerprint density at radius 2 is 1.81 bits per heavy atom. The minimum Gasteiger partial charge on any atom is -0.426 e. The molecule has 8 nitrogen and oxygen atoms in total. The molecule has 0 aliphatic carbocycles. The number of amides is 1. The summed E-state index contributed by atoms with van der Waals surface area (Å²) in [4.78, 5) is 20.2. The lowest BCUT2D eigenvalue weighted by Gasteiger charge is -2.11. The molecule has 8 heteroatoms. The zero-order valence-corrected chi connectivity index (χ0v) is 23.1. The molecule has 1 atom stereocenters. The zero-order chi connectivity index (χ0) is 27.9. The third-order valence-electron chi connectivity index (χ3n) is 4.97. The van der Waals surface area contributed by atoms with E-state index in [-0.39, 0.29) is 18.7 Å². The number of aryl methyl sites for hydroxylation is 2. The number of benzene rings is 2. The van der Waals surface area contributed by atoms with Crippen molar-refractivity contribution >= 4 is 12.4 Å². The van der Waals surface area contributed by atoms with Crippen LogP contribution in [0.2, 0.25) is 0 Å². The number of hydrogen-bond acceptors (Lipinski definition) is 7. The fourth-order valence-corrected chi connectivity index (χ4v) is 2.77. The van der Waals surface area contributed by atoms with Crippen molar-refractivity contribution < 1.29 is 23.8 Å². The van der Waals surface area contributed by atoms with E-state index in [4.69, 9.17) is 19.5 Å². The summed E-state index contributed by atoms with van der Waals surface area (Å²) in [7, 11) is 1.69. The third kappa shape index (κ3) is 16.9. The lowest BCUT2D eigenvalue weighted by atomic mass is 10.0. The van der Waals surface area contributed by atoms with E-state index in [1.807, 2.05) is 25.1 Å². The second kappa shape index (κ2) is 22.0. The number of unbranched alkanes of at least 4 members (excludes halogenated alkanes) is 1. The highest BCUT2D eigenvalue weighted by Gasteiger charge is 2.08. The van der Waals surface area contributed by atoms with Gasteiger partial charge in [0.25, 0.3) is 0 Å². The molecule has 1 unspecified atom stereocenters. The minimum atomic E-state index is -0.291. The molecule has 0 spiro atoms. The van der Waals surface area contributed by atoms with E-state index in [2.05, 4.69) is 55.7 Å². The van der Waals surface area contributed by atoms with Crippen molar-refractivity contribution in [2.75, 3.05) is 33.4 Å². The Labute approximate surface area is 222 Å². The van der Waals surface area contributed by atoms with Crippen molar-refractivity contribution in [3.63, 3.8) is 0 Å². The first-order valence-corrected chi connectivity index (χ1v) is 12.6. The number of rotatable bonds is 6. The van der Waals surface area contributed by atoms with E-state index >= 15 is 0 Å². The van der Waals surface area contributed by atoms with Gasteiger partial charge in [-0.3, -0.25) is 14.9 Å². The number of nitrogens with one attached hydrogen (secondary N) is 2. The van der Waals surface area contributed by atoms with Gasteiger partial charge in [0.1, 0.15) is 18.5 Å². The molecule has 204 valence electrons. The van der Waals surface area contributed by atoms with Crippen LogP contribution in [-0.2, 0) is 19.1 Å². The number of hydrogen-bond donors (Lipinski definition) is 2. The zero-order valence-electron chi connectivity index (χ0n) is 23.1. The van der Waals surface area contributed by atoms with Crippen molar-refractivity contribution in [2.24, 2.45) is 0 Å². The smallest absolute Gasteiger partial charge is 0.308 e. The molecule has 1 heterocycles. The van der Waals surface area contributed by atoms with E-state index in [0.29, 0.717) is 18.8 Å². The van der Waals surface area contributed by atoms with Gasteiger partial charge in [-0.2, -0.15) is 5.26 Å². The van der Waals surface area contributed by atoms with Crippen LogP contribution in [0, 0.1) is 25.2 Å². The van der Waals surface area contributed by atoms with Gasteiger partial charge in [0.05, 0.1) is 12.7 Å². The van der Waals surface area contributed by atoms with Crippen molar-refractivity contribution in [3.8, 4) is 22.9 Å². The van der Waals surface area contributed by atoms with Crippen LogP contribution in [0.3, 0.4) is 0 Å². The van der Waals surface area contributed by atoms with Gasteiger partial charge in [-0.15, -0.1) is 0 Å². The van der Waals surface area contributed by atoms with Gasteiger partial charge >= 0.3 is 5.97 Å². The van der Waals surface area contributed by atoms with Gasteiger partial charge in [-0.1, -0.05) is 62.6 Å². The average Bonchev–Trinajstić information content (AvgIpc) is 3.19. The molecule has 1 aliphatic heterocycles. The van der Waals surface area contributed by atoms with Crippen LogP contribution in [0.25, 0.3) is 11.1 Å². The summed E-state index contributed by atoms with van der Waals surface area (Å²) in [5.41, 5.74) is 4.50. The molecule has 2 aromatic carbocycles. The summed E-state index contributed by atoms with van der Waals surface area (Å²) in [6.07, 6.45) is 4.32. The highest BCUT2D eigenvalue weighted by molar-refractivity contribution is 5.71. The van der Waals surface area contributed by atoms with Crippen molar-refractivity contribution in [1.82, 2.24) is 10.6 Å². The molecule has 37 heavy (non-hydrogen) atoms. The van der Waals surface area contributed by atoms with E-state index in [0.717, 1.165) is 36.3 Å². The Hall–Kier alpha value is -3.25. The van der Waals surface area contributed by atoms with Crippen LogP contribution in [0.1, 0.15) is 51.2 Å². The van der Waals surface area contributed by atoms with Crippen molar-refractivity contribution in [2.45, 2.75) is 60.1 Å². The van der Waals surface area contributed by atoms with Gasteiger partial charge < -0.3 is 19.5 Å². The lowest BCUT2D eigenvalue weighted by Crippen LogP contribution is -2.33. The van der Waals surface area contributed by atoms with Gasteiger partial charge in [0.15, 0.2) is 0 Å². The van der Waals surface area contributed by atoms with Crippen LogP contribution in [-0.4, -0.2) is 52.0 Å². The monoisotopic (exact) mass is 513 g/mol. The molecule has 1 saturated heterocycles. The lowest BCUT2D eigenvalue weighted by molar-refractivity contribution is -0.131. The Balaban J connectivity index is 0.000000567. The summed E-state index contributed by atoms with van der Waals surface area (Å²) in [5.74, 6) is 0.333. The highest BCUT2D eigenvalue weighted by atomic mass is 16.5. The standard InChI is InChI=1S/C16H16O2.C6H13NO2.C4H10.C3H4N2O/c1-11-4-6-14(7-5-11)15-8-9-16(12(2)10-15)18-13(3)17;1-8-6-5-9-4-2-3-7-6;1-3-4-2;4-1-2-5-3-6/h4-10H,1-3H3;6-7H,2-5H2,1H3;3-4H2,1-2H3;3H,2H2,(H,5,6). The fourth-order valence-electron chi connectivity index (χ4n) is 2.77. The molecule has 1 fully saturated rings. The van der Waals surface area contributed by atoms with Crippen LogP contribution in [0.4, 0.5) is 0 Å². The summed E-state index contributed by atoms with van der Waals surface area (Å²) in [6, 6.07) is 15.9. The van der Waals surface area contributed by atoms with Crippen LogP contribution < -0.4 is 15.4 Å². The van der Waals surface area contributed by atoms with Crippen LogP contribution >= 0.6 is 0 Å². The molecule has 1 aliphatic rings. The summed E-state index contributed by atoms with van der Waals surface area (Å²) < 4.78 is 15.4. The van der Waals surface area contributed by atoms with E-state index < -0.39 is 0 Å². The number of nitrogens with zero attached hydrogens (tertiary/aromatic N) is 1. The number of carbonyl (C=O) groups is 2. The second-order valence-electron chi connectivity index (χ2n) is 8.20. The molecular weight excluding hydrogens is 470 g/mol. The quantitative estimate of drug-likeness (QED) is 0.185. The van der Waals surface area contributed by atoms with Crippen molar-refractivity contribution in [3.05, 3.63) is 53.6 Å². The number of methoxy groups -OCH3 is 1. The summed E-state index contributed by atoms with van der Waals surface area (Å²) in [6.45, 7) is 12.4. The molecule has 0 radical (unpaired) electrons.